The standard InChI is InChI=1S/C22H27N3O5/c1-29-21-10-16(5-6-18(21)14-26)13-25-9-3-2-4-19(25)15-30-22-8-7-17(11-23-22)20(27)12-24-28/h5-8,10-11,19,26H,2-4,9,12-15H2,1H3. The first-order valence-electron chi connectivity index (χ1n) is 10.1. The Balaban J connectivity index is 1.60. The van der Waals surface area contributed by atoms with E-state index in [0.29, 0.717) is 23.8 Å². The van der Waals surface area contributed by atoms with Gasteiger partial charge in [-0.1, -0.05) is 23.7 Å². The molecule has 1 N–H and O–H groups in total. The zero-order chi connectivity index (χ0) is 21.3. The number of carbonyl (C=O) groups is 1. The van der Waals surface area contributed by atoms with Crippen LogP contribution in [-0.2, 0) is 13.2 Å². The third kappa shape index (κ3) is 5.61. The summed E-state index contributed by atoms with van der Waals surface area (Å²) in [7, 11) is 1.61. The molecule has 2 heterocycles. The molecule has 8 nitrogen and oxygen atoms in total. The van der Waals surface area contributed by atoms with Gasteiger partial charge < -0.3 is 14.6 Å². The normalized spacial score (nSPS) is 16.8. The molecule has 0 amide bonds. The second-order valence-corrected chi connectivity index (χ2v) is 7.33. The predicted octanol–water partition coefficient (Wildman–Crippen LogP) is 2.97. The summed E-state index contributed by atoms with van der Waals surface area (Å²) in [6.07, 6.45) is 4.74. The number of hydrogen-bond acceptors (Lipinski definition) is 8. The molecule has 1 aromatic carbocycles. The molecule has 8 heteroatoms. The van der Waals surface area contributed by atoms with Gasteiger partial charge in [0.25, 0.3) is 0 Å². The van der Waals surface area contributed by atoms with Gasteiger partial charge in [-0.15, -0.1) is 0 Å². The van der Waals surface area contributed by atoms with Crippen molar-refractivity contribution in [2.75, 3.05) is 26.8 Å². The molecule has 1 unspecified atom stereocenters. The van der Waals surface area contributed by atoms with E-state index in [1.807, 2.05) is 18.2 Å². The maximum atomic E-state index is 11.7. The summed E-state index contributed by atoms with van der Waals surface area (Å²) in [5, 5.41) is 12.0. The Labute approximate surface area is 175 Å². The fourth-order valence-corrected chi connectivity index (χ4v) is 3.67. The van der Waals surface area contributed by atoms with Gasteiger partial charge in [-0.2, -0.15) is 4.91 Å². The number of nitrogens with zero attached hydrogens (tertiary/aromatic N) is 3. The van der Waals surface area contributed by atoms with Crippen LogP contribution in [0, 0.1) is 4.91 Å². The van der Waals surface area contributed by atoms with Gasteiger partial charge in [-0.25, -0.2) is 4.98 Å². The van der Waals surface area contributed by atoms with Gasteiger partial charge in [0.1, 0.15) is 18.9 Å². The second-order valence-electron chi connectivity index (χ2n) is 7.33. The number of piperidine rings is 1. The van der Waals surface area contributed by atoms with Crippen LogP contribution in [0.5, 0.6) is 11.6 Å². The Morgan fingerprint density at radius 2 is 2.17 bits per heavy atom. The van der Waals surface area contributed by atoms with Crippen LogP contribution in [0.4, 0.5) is 0 Å². The van der Waals surface area contributed by atoms with Crippen molar-refractivity contribution < 1.29 is 19.4 Å². The zero-order valence-electron chi connectivity index (χ0n) is 17.1. The van der Waals surface area contributed by atoms with Crippen molar-refractivity contribution in [2.24, 2.45) is 5.18 Å². The van der Waals surface area contributed by atoms with Gasteiger partial charge in [0.15, 0.2) is 5.78 Å². The van der Waals surface area contributed by atoms with Crippen molar-refractivity contribution in [3.8, 4) is 11.6 Å². The molecule has 0 saturated carbocycles. The number of hydrogen-bond donors (Lipinski definition) is 1. The lowest BCUT2D eigenvalue weighted by Crippen LogP contribution is -2.42. The van der Waals surface area contributed by atoms with Gasteiger partial charge in [0.2, 0.25) is 5.88 Å². The second kappa shape index (κ2) is 10.8. The third-order valence-corrected chi connectivity index (χ3v) is 5.35. The SMILES string of the molecule is COc1cc(CN2CCCCC2COc2ccc(C(=O)CN=O)cn2)ccc1CO. The van der Waals surface area contributed by atoms with E-state index >= 15 is 0 Å². The quantitative estimate of drug-likeness (QED) is 0.472. The van der Waals surface area contributed by atoms with Crippen molar-refractivity contribution >= 4 is 5.78 Å². The number of aliphatic hydroxyl groups is 1. The van der Waals surface area contributed by atoms with Gasteiger partial charge in [-0.05, 0) is 37.1 Å². The molecule has 160 valence electrons. The van der Waals surface area contributed by atoms with E-state index in [9.17, 15) is 14.8 Å². The molecule has 0 spiro atoms. The Morgan fingerprint density at radius 1 is 1.30 bits per heavy atom. The highest BCUT2D eigenvalue weighted by atomic mass is 16.5. The first-order chi connectivity index (χ1) is 14.6. The number of ether oxygens (including phenoxy) is 2. The van der Waals surface area contributed by atoms with E-state index in [-0.39, 0.29) is 25.0 Å². The van der Waals surface area contributed by atoms with Crippen LogP contribution in [0.15, 0.2) is 41.7 Å². The van der Waals surface area contributed by atoms with E-state index in [0.717, 1.165) is 43.5 Å². The number of likely N-dealkylation sites (tertiary alicyclic amines) is 1. The van der Waals surface area contributed by atoms with E-state index in [4.69, 9.17) is 9.47 Å². The van der Waals surface area contributed by atoms with Crippen molar-refractivity contribution in [2.45, 2.75) is 38.5 Å². The molecule has 1 saturated heterocycles. The molecule has 0 aliphatic carbocycles. The molecule has 30 heavy (non-hydrogen) atoms. The van der Waals surface area contributed by atoms with Crippen LogP contribution < -0.4 is 9.47 Å². The first kappa shape index (κ1) is 21.9. The van der Waals surface area contributed by atoms with Crippen molar-refractivity contribution in [1.82, 2.24) is 9.88 Å². The summed E-state index contributed by atoms with van der Waals surface area (Å²) in [5.41, 5.74) is 2.25. The summed E-state index contributed by atoms with van der Waals surface area (Å²) < 4.78 is 11.3. The highest BCUT2D eigenvalue weighted by Crippen LogP contribution is 2.25. The molecular weight excluding hydrogens is 386 g/mol. The molecule has 0 radical (unpaired) electrons. The number of Topliss-reactive ketones (excluding diaryl/α,β-unsaturated/α-hetero) is 1. The van der Waals surface area contributed by atoms with E-state index in [1.54, 1.807) is 19.2 Å². The maximum Gasteiger partial charge on any atom is 0.213 e. The lowest BCUT2D eigenvalue weighted by Gasteiger charge is -2.35. The third-order valence-electron chi connectivity index (χ3n) is 5.35. The minimum atomic E-state index is -0.386. The van der Waals surface area contributed by atoms with Crippen LogP contribution in [0.2, 0.25) is 0 Å². The summed E-state index contributed by atoms with van der Waals surface area (Å²) in [5.74, 6) is 0.790. The number of nitroso groups, excluding NO2 is 1. The lowest BCUT2D eigenvalue weighted by atomic mass is 10.0. The van der Waals surface area contributed by atoms with Crippen LogP contribution in [0.3, 0.4) is 0 Å². The number of carbonyl (C=O) groups excluding carboxylic acids is 1. The van der Waals surface area contributed by atoms with Gasteiger partial charge >= 0.3 is 0 Å². The van der Waals surface area contributed by atoms with Gasteiger partial charge in [0, 0.05) is 36.0 Å². The Morgan fingerprint density at radius 3 is 2.87 bits per heavy atom. The first-order valence-corrected chi connectivity index (χ1v) is 10.1. The van der Waals surface area contributed by atoms with Gasteiger partial charge in [-0.3, -0.25) is 9.69 Å². The molecule has 0 bridgehead atoms. The number of methoxy groups -OCH3 is 1. The number of aromatic nitrogens is 1. The summed E-state index contributed by atoms with van der Waals surface area (Å²) >= 11 is 0. The Bertz CT molecular complexity index is 856. The van der Waals surface area contributed by atoms with E-state index in [2.05, 4.69) is 15.1 Å². The number of aliphatic hydroxyl groups excluding tert-OH is 1. The Kier molecular flexibility index (Phi) is 7.87. The van der Waals surface area contributed by atoms with E-state index in [1.165, 1.54) is 6.20 Å². The van der Waals surface area contributed by atoms with E-state index < -0.39 is 0 Å². The van der Waals surface area contributed by atoms with Crippen LogP contribution in [-0.4, -0.2) is 53.6 Å². The van der Waals surface area contributed by atoms with Gasteiger partial charge in [0.05, 0.1) is 13.7 Å². The average Bonchev–Trinajstić information content (AvgIpc) is 2.79. The average molecular weight is 413 g/mol. The largest absolute Gasteiger partial charge is 0.496 e. The monoisotopic (exact) mass is 413 g/mol. The zero-order valence-corrected chi connectivity index (χ0v) is 17.1. The summed E-state index contributed by atoms with van der Waals surface area (Å²) in [6, 6.07) is 9.39. The Hall–Kier alpha value is -2.84. The predicted molar refractivity (Wildman–Crippen MR) is 112 cm³/mol. The molecule has 1 aliphatic heterocycles. The molecule has 1 atom stereocenters. The molecule has 2 aromatic rings. The number of rotatable bonds is 10. The van der Waals surface area contributed by atoms with Crippen LogP contribution >= 0.6 is 0 Å². The lowest BCUT2D eigenvalue weighted by molar-refractivity contribution is 0.0913. The van der Waals surface area contributed by atoms with Crippen LogP contribution in [0.25, 0.3) is 0 Å². The molecular formula is C22H27N3O5. The molecule has 1 aromatic heterocycles. The van der Waals surface area contributed by atoms with Crippen molar-refractivity contribution in [1.29, 1.82) is 0 Å². The fourth-order valence-electron chi connectivity index (χ4n) is 3.67. The summed E-state index contributed by atoms with van der Waals surface area (Å²) in [4.78, 5) is 28.4. The molecule has 1 fully saturated rings. The summed E-state index contributed by atoms with van der Waals surface area (Å²) in [6.45, 7) is 1.82. The highest BCUT2D eigenvalue weighted by Gasteiger charge is 2.23. The van der Waals surface area contributed by atoms with Crippen LogP contribution in [0.1, 0.15) is 40.7 Å². The minimum Gasteiger partial charge on any atom is -0.496 e. The number of ketones is 1. The van der Waals surface area contributed by atoms with Crippen molar-refractivity contribution in [3.63, 3.8) is 0 Å². The highest BCUT2D eigenvalue weighted by molar-refractivity contribution is 5.97. The topological polar surface area (TPSA) is 101 Å². The number of benzene rings is 1. The molecule has 3 rings (SSSR count). The maximum absolute atomic E-state index is 11.7. The fraction of sp³-hybridized carbons (Fsp3) is 0.455. The number of pyridine rings is 1. The smallest absolute Gasteiger partial charge is 0.213 e. The molecule has 1 aliphatic rings. The minimum absolute atomic E-state index is 0.0489. The van der Waals surface area contributed by atoms with Crippen molar-refractivity contribution in [3.05, 3.63) is 58.1 Å².